The summed E-state index contributed by atoms with van der Waals surface area (Å²) < 4.78 is 26.2. The molecule has 0 fully saturated rings. The maximum atomic E-state index is 13.1. The first kappa shape index (κ1) is 11.6. The molecule has 1 N–H and O–H groups in total. The van der Waals surface area contributed by atoms with Crippen LogP contribution in [-0.2, 0) is 11.2 Å². The Hall–Kier alpha value is -1.45. The molecule has 0 bridgehead atoms. The van der Waals surface area contributed by atoms with Crippen LogP contribution in [0.15, 0.2) is 12.1 Å². The number of rotatable bonds is 3. The lowest BCUT2D eigenvalue weighted by Crippen LogP contribution is -2.12. The van der Waals surface area contributed by atoms with E-state index in [1.165, 1.54) is 26.0 Å². The lowest BCUT2D eigenvalue weighted by atomic mass is 10.00. The molecule has 0 aromatic heterocycles. The van der Waals surface area contributed by atoms with Crippen molar-refractivity contribution in [2.45, 2.75) is 20.3 Å². The van der Waals surface area contributed by atoms with Crippen molar-refractivity contribution in [1.82, 2.24) is 0 Å². The molecule has 1 unspecified atom stereocenters. The summed E-state index contributed by atoms with van der Waals surface area (Å²) in [5.41, 5.74) is 0.326. The predicted octanol–water partition coefficient (Wildman–Crippen LogP) is 2.54. The highest BCUT2D eigenvalue weighted by atomic mass is 19.1. The second kappa shape index (κ2) is 4.38. The summed E-state index contributed by atoms with van der Waals surface area (Å²) in [6, 6.07) is 2.36. The van der Waals surface area contributed by atoms with Crippen LogP contribution in [0, 0.1) is 24.5 Å². The van der Waals surface area contributed by atoms with E-state index >= 15 is 0 Å². The van der Waals surface area contributed by atoms with Gasteiger partial charge in [-0.1, -0.05) is 6.92 Å². The summed E-state index contributed by atoms with van der Waals surface area (Å²) >= 11 is 0. The molecule has 0 amide bonds. The van der Waals surface area contributed by atoms with E-state index in [9.17, 15) is 13.6 Å². The molecule has 0 aliphatic heterocycles. The number of carboxylic acids is 1. The first-order valence-corrected chi connectivity index (χ1v) is 4.59. The Kier molecular flexibility index (Phi) is 3.39. The molecule has 1 rings (SSSR count). The molecule has 1 aromatic carbocycles. The average molecular weight is 214 g/mol. The molecule has 1 atom stereocenters. The fourth-order valence-electron chi connectivity index (χ4n) is 1.26. The Labute approximate surface area is 86.5 Å². The van der Waals surface area contributed by atoms with Crippen molar-refractivity contribution in [3.05, 3.63) is 34.9 Å². The van der Waals surface area contributed by atoms with Crippen LogP contribution >= 0.6 is 0 Å². The molecule has 4 heteroatoms. The molecule has 0 heterocycles. The van der Waals surface area contributed by atoms with Crippen LogP contribution in [-0.4, -0.2) is 11.1 Å². The largest absolute Gasteiger partial charge is 0.481 e. The third kappa shape index (κ3) is 2.75. The fraction of sp³-hybridized carbons (Fsp3) is 0.364. The van der Waals surface area contributed by atoms with Crippen molar-refractivity contribution in [2.24, 2.45) is 5.92 Å². The summed E-state index contributed by atoms with van der Waals surface area (Å²) in [4.78, 5) is 10.6. The molecule has 0 saturated carbocycles. The minimum absolute atomic E-state index is 0.0401. The maximum absolute atomic E-state index is 13.1. The molecular formula is C11H12F2O2. The molecule has 0 aliphatic rings. The third-order valence-electron chi connectivity index (χ3n) is 2.30. The first-order chi connectivity index (χ1) is 6.91. The lowest BCUT2D eigenvalue weighted by molar-refractivity contribution is -0.141. The molecule has 2 nitrogen and oxygen atoms in total. The van der Waals surface area contributed by atoms with Gasteiger partial charge in [0.05, 0.1) is 5.92 Å². The Bertz CT molecular complexity index is 365. The standard InChI is InChI=1S/C11H12F2O2/c1-6(11(14)15)3-8-4-9(12)7(2)10(13)5-8/h4-6H,3H2,1-2H3,(H,14,15). The highest BCUT2D eigenvalue weighted by Crippen LogP contribution is 2.17. The van der Waals surface area contributed by atoms with Gasteiger partial charge in [0.25, 0.3) is 0 Å². The van der Waals surface area contributed by atoms with Gasteiger partial charge in [0.15, 0.2) is 0 Å². The van der Waals surface area contributed by atoms with E-state index in [0.717, 1.165) is 0 Å². The van der Waals surface area contributed by atoms with Gasteiger partial charge in [-0.15, -0.1) is 0 Å². The van der Waals surface area contributed by atoms with Gasteiger partial charge in [-0.25, -0.2) is 8.78 Å². The van der Waals surface area contributed by atoms with Gasteiger partial charge in [0.2, 0.25) is 0 Å². The summed E-state index contributed by atoms with van der Waals surface area (Å²) in [6.45, 7) is 2.84. The monoisotopic (exact) mass is 214 g/mol. The first-order valence-electron chi connectivity index (χ1n) is 4.59. The number of hydrogen-bond acceptors (Lipinski definition) is 1. The normalized spacial score (nSPS) is 12.5. The number of carboxylic acid groups (broad SMARTS) is 1. The minimum atomic E-state index is -0.976. The molecule has 1 aromatic rings. The zero-order chi connectivity index (χ0) is 11.6. The zero-order valence-electron chi connectivity index (χ0n) is 8.55. The Morgan fingerprint density at radius 3 is 2.27 bits per heavy atom. The van der Waals surface area contributed by atoms with Gasteiger partial charge in [-0.3, -0.25) is 4.79 Å². The molecule has 0 radical (unpaired) electrons. The summed E-state index contributed by atoms with van der Waals surface area (Å²) in [7, 11) is 0. The van der Waals surface area contributed by atoms with Gasteiger partial charge in [0, 0.05) is 5.56 Å². The number of benzene rings is 1. The van der Waals surface area contributed by atoms with Crippen LogP contribution in [0.25, 0.3) is 0 Å². The van der Waals surface area contributed by atoms with Crippen LogP contribution in [0.3, 0.4) is 0 Å². The average Bonchev–Trinajstić information content (AvgIpc) is 2.13. The van der Waals surface area contributed by atoms with Gasteiger partial charge in [-0.2, -0.15) is 0 Å². The van der Waals surface area contributed by atoms with Gasteiger partial charge < -0.3 is 5.11 Å². The second-order valence-corrected chi connectivity index (χ2v) is 3.63. The van der Waals surface area contributed by atoms with Crippen LogP contribution in [0.2, 0.25) is 0 Å². The van der Waals surface area contributed by atoms with Crippen molar-refractivity contribution in [1.29, 1.82) is 0 Å². The van der Waals surface area contributed by atoms with Crippen molar-refractivity contribution in [3.8, 4) is 0 Å². The van der Waals surface area contributed by atoms with E-state index in [0.29, 0.717) is 5.56 Å². The molecule has 0 saturated heterocycles. The predicted molar refractivity (Wildman–Crippen MR) is 51.6 cm³/mol. The molecule has 0 aliphatic carbocycles. The highest BCUT2D eigenvalue weighted by Gasteiger charge is 2.14. The number of halogens is 2. The Balaban J connectivity index is 2.92. The van der Waals surface area contributed by atoms with Crippen LogP contribution in [0.4, 0.5) is 8.78 Å². The number of hydrogen-bond donors (Lipinski definition) is 1. The van der Waals surface area contributed by atoms with E-state index in [1.807, 2.05) is 0 Å². The van der Waals surface area contributed by atoms with Crippen LogP contribution in [0.1, 0.15) is 18.1 Å². The fourth-order valence-corrected chi connectivity index (χ4v) is 1.26. The SMILES string of the molecule is Cc1c(F)cc(CC(C)C(=O)O)cc1F. The van der Waals surface area contributed by atoms with E-state index in [1.54, 1.807) is 0 Å². The molecule has 15 heavy (non-hydrogen) atoms. The lowest BCUT2D eigenvalue weighted by Gasteiger charge is -2.07. The van der Waals surface area contributed by atoms with Gasteiger partial charge in [-0.05, 0) is 31.0 Å². The quantitative estimate of drug-likeness (QED) is 0.839. The maximum Gasteiger partial charge on any atom is 0.306 e. The van der Waals surface area contributed by atoms with Crippen LogP contribution in [0.5, 0.6) is 0 Å². The Morgan fingerprint density at radius 1 is 1.40 bits per heavy atom. The summed E-state index contributed by atoms with van der Waals surface area (Å²) in [5, 5.41) is 8.65. The second-order valence-electron chi connectivity index (χ2n) is 3.63. The van der Waals surface area contributed by atoms with Crippen molar-refractivity contribution >= 4 is 5.97 Å². The van der Waals surface area contributed by atoms with Crippen molar-refractivity contribution < 1.29 is 18.7 Å². The molecule has 82 valence electrons. The Morgan fingerprint density at radius 2 is 1.87 bits per heavy atom. The topological polar surface area (TPSA) is 37.3 Å². The van der Waals surface area contributed by atoms with E-state index in [-0.39, 0.29) is 12.0 Å². The van der Waals surface area contributed by atoms with E-state index in [2.05, 4.69) is 0 Å². The molecule has 0 spiro atoms. The molecular weight excluding hydrogens is 202 g/mol. The van der Waals surface area contributed by atoms with Crippen molar-refractivity contribution in [3.63, 3.8) is 0 Å². The number of aliphatic carboxylic acids is 1. The van der Waals surface area contributed by atoms with E-state index in [4.69, 9.17) is 5.11 Å². The van der Waals surface area contributed by atoms with Gasteiger partial charge >= 0.3 is 5.97 Å². The minimum Gasteiger partial charge on any atom is -0.481 e. The van der Waals surface area contributed by atoms with Crippen LogP contribution < -0.4 is 0 Å². The van der Waals surface area contributed by atoms with Crippen molar-refractivity contribution in [2.75, 3.05) is 0 Å². The summed E-state index contributed by atoms with van der Waals surface area (Å²) in [6.07, 6.45) is 0.128. The van der Waals surface area contributed by atoms with Gasteiger partial charge in [0.1, 0.15) is 11.6 Å². The highest BCUT2D eigenvalue weighted by molar-refractivity contribution is 5.69. The van der Waals surface area contributed by atoms with E-state index < -0.39 is 23.5 Å². The smallest absolute Gasteiger partial charge is 0.306 e. The summed E-state index contributed by atoms with van der Waals surface area (Å²) in [5.74, 6) is -2.90. The zero-order valence-corrected chi connectivity index (χ0v) is 8.55. The number of carbonyl (C=O) groups is 1. The third-order valence-corrected chi connectivity index (χ3v) is 2.30.